The Morgan fingerprint density at radius 1 is 1.09 bits per heavy atom. The molecule has 0 atom stereocenters. The van der Waals surface area contributed by atoms with Gasteiger partial charge in [-0.05, 0) is 59.1 Å². The number of rotatable bonds is 2. The third-order valence-electron chi connectivity index (χ3n) is 3.95. The third kappa shape index (κ3) is 3.32. The van der Waals surface area contributed by atoms with Crippen LogP contribution in [0.4, 0.5) is 5.69 Å². The number of para-hydroxylation sites is 1. The smallest absolute Gasteiger partial charge is 0.242 e. The molecule has 22 heavy (non-hydrogen) atoms. The molecule has 1 aromatic rings. The summed E-state index contributed by atoms with van der Waals surface area (Å²) in [6.07, 6.45) is 1.91. The molecule has 0 saturated carbocycles. The highest BCUT2D eigenvalue weighted by molar-refractivity contribution is 6.11. The van der Waals surface area contributed by atoms with E-state index in [0.717, 1.165) is 18.5 Å². The van der Waals surface area contributed by atoms with Gasteiger partial charge in [0.25, 0.3) is 0 Å². The maximum Gasteiger partial charge on any atom is 0.242 e. The predicted octanol–water partition coefficient (Wildman–Crippen LogP) is 2.91. The van der Waals surface area contributed by atoms with Gasteiger partial charge in [-0.25, -0.2) is 0 Å². The summed E-state index contributed by atoms with van der Waals surface area (Å²) in [5.41, 5.74) is 0.677. The lowest BCUT2D eigenvalue weighted by molar-refractivity contribution is -0.140. The monoisotopic (exact) mass is 302 g/mol. The maximum atomic E-state index is 13.0. The Morgan fingerprint density at radius 2 is 1.73 bits per heavy atom. The van der Waals surface area contributed by atoms with Crippen molar-refractivity contribution in [2.24, 2.45) is 5.41 Å². The van der Waals surface area contributed by atoms with Gasteiger partial charge in [0.15, 0.2) is 0 Å². The molecule has 2 amide bonds. The van der Waals surface area contributed by atoms with Crippen molar-refractivity contribution in [2.75, 3.05) is 11.4 Å². The number of aryl methyl sites for hydroxylation is 1. The van der Waals surface area contributed by atoms with Crippen LogP contribution in [0.15, 0.2) is 24.3 Å². The van der Waals surface area contributed by atoms with E-state index in [1.807, 2.05) is 39.0 Å². The van der Waals surface area contributed by atoms with Crippen LogP contribution in [-0.4, -0.2) is 23.9 Å². The fourth-order valence-corrected chi connectivity index (χ4v) is 2.68. The van der Waals surface area contributed by atoms with Crippen molar-refractivity contribution in [1.82, 2.24) is 5.32 Å². The van der Waals surface area contributed by atoms with E-state index in [-0.39, 0.29) is 17.4 Å². The van der Waals surface area contributed by atoms with Crippen LogP contribution in [0.25, 0.3) is 0 Å². The summed E-state index contributed by atoms with van der Waals surface area (Å²) in [7, 11) is 0. The van der Waals surface area contributed by atoms with E-state index in [9.17, 15) is 9.59 Å². The average Bonchev–Trinajstić information content (AvgIpc) is 2.44. The summed E-state index contributed by atoms with van der Waals surface area (Å²) in [4.78, 5) is 27.3. The number of carbonyl (C=O) groups excluding carboxylic acids is 2. The van der Waals surface area contributed by atoms with Crippen LogP contribution in [0.3, 0.4) is 0 Å². The van der Waals surface area contributed by atoms with Crippen molar-refractivity contribution in [3.8, 4) is 0 Å². The summed E-state index contributed by atoms with van der Waals surface area (Å²) < 4.78 is 0. The molecule has 1 N–H and O–H groups in total. The molecule has 0 unspecified atom stereocenters. The molecule has 1 aromatic carbocycles. The fraction of sp³-hybridized carbons (Fsp3) is 0.556. The topological polar surface area (TPSA) is 49.4 Å². The molecule has 4 nitrogen and oxygen atoms in total. The molecular weight excluding hydrogens is 276 g/mol. The normalized spacial score (nSPS) is 15.2. The number of nitrogens with zero attached hydrogens (tertiary/aromatic N) is 1. The molecule has 0 aliphatic carbocycles. The summed E-state index contributed by atoms with van der Waals surface area (Å²) >= 11 is 0. The van der Waals surface area contributed by atoms with Crippen molar-refractivity contribution in [1.29, 1.82) is 0 Å². The summed E-state index contributed by atoms with van der Waals surface area (Å²) in [6, 6.07) is 7.94. The SMILES string of the molecule is CC(C)(C)NC(=O)C(C)(C)C(=O)N1CCCc2ccccc21. The zero-order valence-corrected chi connectivity index (χ0v) is 14.2. The van der Waals surface area contributed by atoms with Crippen molar-refractivity contribution in [3.63, 3.8) is 0 Å². The fourth-order valence-electron chi connectivity index (χ4n) is 2.68. The first-order chi connectivity index (χ1) is 10.1. The number of benzene rings is 1. The van der Waals surface area contributed by atoms with E-state index in [1.165, 1.54) is 5.56 Å². The summed E-state index contributed by atoms with van der Waals surface area (Å²) in [5, 5.41) is 2.92. The summed E-state index contributed by atoms with van der Waals surface area (Å²) in [6.45, 7) is 9.83. The molecular formula is C18H26N2O2. The lowest BCUT2D eigenvalue weighted by Crippen LogP contribution is -2.54. The van der Waals surface area contributed by atoms with Gasteiger partial charge in [-0.1, -0.05) is 18.2 Å². The number of anilines is 1. The molecule has 0 fully saturated rings. The van der Waals surface area contributed by atoms with E-state index in [0.29, 0.717) is 6.54 Å². The summed E-state index contributed by atoms with van der Waals surface area (Å²) in [5.74, 6) is -0.366. The molecule has 2 rings (SSSR count). The maximum absolute atomic E-state index is 13.0. The zero-order valence-electron chi connectivity index (χ0n) is 14.2. The van der Waals surface area contributed by atoms with E-state index in [1.54, 1.807) is 18.7 Å². The molecule has 0 saturated heterocycles. The number of hydrogen-bond acceptors (Lipinski definition) is 2. The molecule has 0 aromatic heterocycles. The van der Waals surface area contributed by atoms with Crippen molar-refractivity contribution < 1.29 is 9.59 Å². The second kappa shape index (κ2) is 5.75. The average molecular weight is 302 g/mol. The first-order valence-electron chi connectivity index (χ1n) is 7.85. The standard InChI is InChI=1S/C18H26N2O2/c1-17(2,3)19-15(21)18(4,5)16(22)20-12-8-10-13-9-6-7-11-14(13)20/h6-7,9,11H,8,10,12H2,1-5H3,(H,19,21). The van der Waals surface area contributed by atoms with Crippen LogP contribution >= 0.6 is 0 Å². The molecule has 0 radical (unpaired) electrons. The second-order valence-corrected chi connectivity index (χ2v) is 7.52. The largest absolute Gasteiger partial charge is 0.351 e. The Labute approximate surface area is 132 Å². The van der Waals surface area contributed by atoms with Gasteiger partial charge in [-0.2, -0.15) is 0 Å². The Kier molecular flexibility index (Phi) is 4.32. The van der Waals surface area contributed by atoms with Crippen molar-refractivity contribution >= 4 is 17.5 Å². The highest BCUT2D eigenvalue weighted by atomic mass is 16.2. The van der Waals surface area contributed by atoms with Gasteiger partial charge >= 0.3 is 0 Å². The van der Waals surface area contributed by atoms with Crippen molar-refractivity contribution in [3.05, 3.63) is 29.8 Å². The lowest BCUT2D eigenvalue weighted by atomic mass is 9.87. The molecule has 1 aliphatic heterocycles. The Balaban J connectivity index is 2.26. The second-order valence-electron chi connectivity index (χ2n) is 7.52. The predicted molar refractivity (Wildman–Crippen MR) is 88.8 cm³/mol. The minimum Gasteiger partial charge on any atom is -0.351 e. The van der Waals surface area contributed by atoms with E-state index in [4.69, 9.17) is 0 Å². The zero-order chi connectivity index (χ0) is 16.5. The molecule has 0 spiro atoms. The van der Waals surface area contributed by atoms with Crippen LogP contribution < -0.4 is 10.2 Å². The Hall–Kier alpha value is -1.84. The van der Waals surface area contributed by atoms with E-state index >= 15 is 0 Å². The number of amides is 2. The number of nitrogens with one attached hydrogen (secondary N) is 1. The number of fused-ring (bicyclic) bond motifs is 1. The highest BCUT2D eigenvalue weighted by Gasteiger charge is 2.41. The first kappa shape index (κ1) is 16.5. The molecule has 1 aliphatic rings. The lowest BCUT2D eigenvalue weighted by Gasteiger charge is -2.36. The molecule has 1 heterocycles. The van der Waals surface area contributed by atoms with Gasteiger partial charge in [0.1, 0.15) is 5.41 Å². The minimum atomic E-state index is -1.09. The van der Waals surface area contributed by atoms with Gasteiger partial charge in [-0.15, -0.1) is 0 Å². The molecule has 4 heteroatoms. The Bertz CT molecular complexity index is 585. The highest BCUT2D eigenvalue weighted by Crippen LogP contribution is 2.31. The van der Waals surface area contributed by atoms with Gasteiger partial charge < -0.3 is 10.2 Å². The van der Waals surface area contributed by atoms with Gasteiger partial charge in [0, 0.05) is 17.8 Å². The van der Waals surface area contributed by atoms with E-state index in [2.05, 4.69) is 11.4 Å². The van der Waals surface area contributed by atoms with Gasteiger partial charge in [0.2, 0.25) is 11.8 Å². The molecule has 0 bridgehead atoms. The number of hydrogen-bond donors (Lipinski definition) is 1. The Morgan fingerprint density at radius 3 is 2.36 bits per heavy atom. The van der Waals surface area contributed by atoms with E-state index < -0.39 is 5.41 Å². The van der Waals surface area contributed by atoms with Gasteiger partial charge in [0.05, 0.1) is 0 Å². The quantitative estimate of drug-likeness (QED) is 0.854. The third-order valence-corrected chi connectivity index (χ3v) is 3.95. The molecule has 120 valence electrons. The van der Waals surface area contributed by atoms with Crippen LogP contribution in [-0.2, 0) is 16.0 Å². The first-order valence-corrected chi connectivity index (χ1v) is 7.85. The van der Waals surface area contributed by atoms with Crippen LogP contribution in [0.1, 0.15) is 46.6 Å². The van der Waals surface area contributed by atoms with Crippen molar-refractivity contribution in [2.45, 2.75) is 53.0 Å². The van der Waals surface area contributed by atoms with Crippen LogP contribution in [0.5, 0.6) is 0 Å². The van der Waals surface area contributed by atoms with Crippen LogP contribution in [0.2, 0.25) is 0 Å². The van der Waals surface area contributed by atoms with Gasteiger partial charge in [-0.3, -0.25) is 9.59 Å². The minimum absolute atomic E-state index is 0.138. The number of carbonyl (C=O) groups is 2. The van der Waals surface area contributed by atoms with Crippen LogP contribution in [0, 0.1) is 5.41 Å².